The van der Waals surface area contributed by atoms with E-state index in [4.69, 9.17) is 4.42 Å². The summed E-state index contributed by atoms with van der Waals surface area (Å²) in [6.45, 7) is 7.73. The van der Waals surface area contributed by atoms with Crippen LogP contribution in [0.4, 0.5) is 5.69 Å². The van der Waals surface area contributed by atoms with Crippen LogP contribution in [0.15, 0.2) is 58.3 Å². The number of fused-ring (bicyclic) bond motifs is 5. The number of carbonyl (C=O) groups is 2. The van der Waals surface area contributed by atoms with Gasteiger partial charge in [0.05, 0.1) is 16.6 Å². The summed E-state index contributed by atoms with van der Waals surface area (Å²) in [6.07, 6.45) is 1.86. The van der Waals surface area contributed by atoms with Crippen molar-refractivity contribution >= 4 is 28.5 Å². The third-order valence-electron chi connectivity index (χ3n) is 6.70. The molecule has 1 aromatic heterocycles. The molecule has 0 saturated heterocycles. The summed E-state index contributed by atoms with van der Waals surface area (Å²) in [5.41, 5.74) is 1.35. The van der Waals surface area contributed by atoms with Crippen molar-refractivity contribution in [2.24, 2.45) is 0 Å². The summed E-state index contributed by atoms with van der Waals surface area (Å²) < 4.78 is 6.04. The summed E-state index contributed by atoms with van der Waals surface area (Å²) in [6, 6.07) is 10.7. The number of amides is 2. The average molecular weight is 444 g/mol. The van der Waals surface area contributed by atoms with E-state index in [0.29, 0.717) is 22.2 Å². The second-order valence-corrected chi connectivity index (χ2v) is 8.53. The van der Waals surface area contributed by atoms with Gasteiger partial charge in [-0.2, -0.15) is 0 Å². The maximum atomic E-state index is 14.1. The third-order valence-corrected chi connectivity index (χ3v) is 6.70. The molecule has 0 bridgehead atoms. The molecule has 2 aliphatic rings. The zero-order valence-electron chi connectivity index (χ0n) is 18.6. The molecule has 2 aliphatic heterocycles. The van der Waals surface area contributed by atoms with Crippen LogP contribution in [-0.4, -0.2) is 41.5 Å². The first kappa shape index (κ1) is 21.2. The van der Waals surface area contributed by atoms with Crippen LogP contribution in [0.5, 0.6) is 0 Å². The fourth-order valence-electron chi connectivity index (χ4n) is 5.09. The molecule has 33 heavy (non-hydrogen) atoms. The van der Waals surface area contributed by atoms with E-state index in [1.54, 1.807) is 41.3 Å². The van der Waals surface area contributed by atoms with E-state index in [0.717, 1.165) is 11.1 Å². The quantitative estimate of drug-likeness (QED) is 0.611. The van der Waals surface area contributed by atoms with Crippen LogP contribution >= 0.6 is 0 Å². The number of nitrogens with zero attached hydrogens (tertiary/aromatic N) is 2. The zero-order chi connectivity index (χ0) is 23.5. The second-order valence-electron chi connectivity index (χ2n) is 8.53. The maximum absolute atomic E-state index is 14.1. The molecular formula is C26H24N2O5. The first-order valence-electron chi connectivity index (χ1n) is 10.9. The fraction of sp³-hybridized carbons (Fsp3) is 0.269. The minimum absolute atomic E-state index is 0.0465. The Morgan fingerprint density at radius 2 is 1.85 bits per heavy atom. The van der Waals surface area contributed by atoms with Gasteiger partial charge in [-0.1, -0.05) is 24.3 Å². The van der Waals surface area contributed by atoms with Gasteiger partial charge in [-0.15, -0.1) is 6.58 Å². The first-order chi connectivity index (χ1) is 15.9. The van der Waals surface area contributed by atoms with Crippen molar-refractivity contribution in [1.82, 2.24) is 4.90 Å². The number of hydrogen-bond donors (Lipinski definition) is 1. The Kier molecular flexibility index (Phi) is 4.76. The van der Waals surface area contributed by atoms with E-state index in [1.165, 1.54) is 4.90 Å². The summed E-state index contributed by atoms with van der Waals surface area (Å²) in [5, 5.41) is 9.83. The van der Waals surface area contributed by atoms with Crippen molar-refractivity contribution in [3.63, 3.8) is 0 Å². The van der Waals surface area contributed by atoms with E-state index < -0.39 is 22.8 Å². The third kappa shape index (κ3) is 2.63. The molecular weight excluding hydrogens is 420 g/mol. The van der Waals surface area contributed by atoms with Gasteiger partial charge in [0.2, 0.25) is 5.76 Å². The number of carbonyl (C=O) groups excluding carboxylic acids is 2. The molecule has 0 radical (unpaired) electrons. The number of benzene rings is 2. The normalized spacial score (nSPS) is 19.0. The van der Waals surface area contributed by atoms with Gasteiger partial charge in [0.15, 0.2) is 11.0 Å². The number of aliphatic hydroxyl groups is 1. The fourth-order valence-corrected chi connectivity index (χ4v) is 5.09. The van der Waals surface area contributed by atoms with Crippen molar-refractivity contribution in [2.75, 3.05) is 24.6 Å². The summed E-state index contributed by atoms with van der Waals surface area (Å²) in [4.78, 5) is 44.6. The van der Waals surface area contributed by atoms with Gasteiger partial charge in [-0.3, -0.25) is 14.4 Å². The average Bonchev–Trinajstić information content (AvgIpc) is 3.19. The molecule has 7 nitrogen and oxygen atoms in total. The molecule has 3 aromatic rings. The lowest BCUT2D eigenvalue weighted by atomic mass is 9.83. The minimum Gasteiger partial charge on any atom is -0.450 e. The number of anilines is 1. The Balaban J connectivity index is 1.91. The van der Waals surface area contributed by atoms with E-state index >= 15 is 0 Å². The molecule has 3 heterocycles. The highest BCUT2D eigenvalue weighted by molar-refractivity contribution is 6.17. The molecule has 5 rings (SSSR count). The maximum Gasteiger partial charge on any atom is 0.291 e. The number of para-hydroxylation sites is 1. The second kappa shape index (κ2) is 7.42. The van der Waals surface area contributed by atoms with E-state index in [9.17, 15) is 19.5 Å². The van der Waals surface area contributed by atoms with E-state index in [2.05, 4.69) is 6.58 Å². The molecule has 1 spiro atoms. The predicted octanol–water partition coefficient (Wildman–Crippen LogP) is 3.02. The predicted molar refractivity (Wildman–Crippen MR) is 124 cm³/mol. The van der Waals surface area contributed by atoms with Gasteiger partial charge in [-0.25, -0.2) is 0 Å². The lowest BCUT2D eigenvalue weighted by Gasteiger charge is -2.34. The number of hydrogen-bond acceptors (Lipinski definition) is 5. The van der Waals surface area contributed by atoms with Gasteiger partial charge >= 0.3 is 0 Å². The highest BCUT2D eigenvalue weighted by Gasteiger charge is 2.64. The Bertz CT molecular complexity index is 1410. The molecule has 0 saturated carbocycles. The molecule has 1 N–H and O–H groups in total. The lowest BCUT2D eigenvalue weighted by Crippen LogP contribution is -2.53. The van der Waals surface area contributed by atoms with Crippen molar-refractivity contribution in [1.29, 1.82) is 0 Å². The van der Waals surface area contributed by atoms with E-state index in [-0.39, 0.29) is 37.4 Å². The summed E-state index contributed by atoms with van der Waals surface area (Å²) in [5.74, 6) is -1.04. The van der Waals surface area contributed by atoms with Crippen LogP contribution in [-0.2, 0) is 10.3 Å². The summed E-state index contributed by atoms with van der Waals surface area (Å²) >= 11 is 0. The van der Waals surface area contributed by atoms with Crippen LogP contribution in [0.1, 0.15) is 39.2 Å². The van der Waals surface area contributed by atoms with Gasteiger partial charge in [0, 0.05) is 25.3 Å². The highest BCUT2D eigenvalue weighted by Crippen LogP contribution is 2.52. The van der Waals surface area contributed by atoms with Crippen molar-refractivity contribution in [2.45, 2.75) is 25.8 Å². The van der Waals surface area contributed by atoms with Gasteiger partial charge in [0.25, 0.3) is 11.8 Å². The molecule has 0 aliphatic carbocycles. The molecule has 2 aromatic carbocycles. The summed E-state index contributed by atoms with van der Waals surface area (Å²) in [7, 11) is 0. The topological polar surface area (TPSA) is 91.1 Å². The Labute approximate surface area is 190 Å². The molecule has 2 amide bonds. The van der Waals surface area contributed by atoms with Gasteiger partial charge < -0.3 is 19.3 Å². The van der Waals surface area contributed by atoms with Crippen molar-refractivity contribution in [3.8, 4) is 0 Å². The van der Waals surface area contributed by atoms with Crippen LogP contribution in [0, 0.1) is 13.8 Å². The molecule has 7 heteroatoms. The van der Waals surface area contributed by atoms with Crippen molar-refractivity contribution < 1.29 is 19.1 Å². The van der Waals surface area contributed by atoms with Gasteiger partial charge in [0.1, 0.15) is 5.58 Å². The van der Waals surface area contributed by atoms with Crippen LogP contribution < -0.4 is 10.3 Å². The Morgan fingerprint density at radius 1 is 1.12 bits per heavy atom. The largest absolute Gasteiger partial charge is 0.450 e. The first-order valence-corrected chi connectivity index (χ1v) is 10.9. The standard InChI is InChI=1S/C26H24N2O5/c1-4-10-27-19-9-6-5-8-18(19)26(25(27)32)21-22(30)17-13-15(2)16(3)14-20(17)33-23(21)24(31)28(26)11-7-12-29/h4-6,8-9,13-14,29H,1,7,10-12H2,2-3H3. The Hall–Kier alpha value is -3.71. The van der Waals surface area contributed by atoms with Crippen LogP contribution in [0.3, 0.4) is 0 Å². The highest BCUT2D eigenvalue weighted by atomic mass is 16.3. The molecule has 1 atom stereocenters. The minimum atomic E-state index is -1.64. The SMILES string of the molecule is C=CCN1C(=O)C2(c3ccccc31)c1c(oc3cc(C)c(C)cc3c1=O)C(=O)N2CCCO. The smallest absolute Gasteiger partial charge is 0.291 e. The van der Waals surface area contributed by atoms with Crippen LogP contribution in [0.2, 0.25) is 0 Å². The number of aryl methyl sites for hydroxylation is 2. The molecule has 0 fully saturated rings. The molecule has 1 unspecified atom stereocenters. The lowest BCUT2D eigenvalue weighted by molar-refractivity contribution is -0.126. The van der Waals surface area contributed by atoms with Crippen molar-refractivity contribution in [3.05, 3.63) is 87.3 Å². The van der Waals surface area contributed by atoms with E-state index in [1.807, 2.05) is 19.9 Å². The van der Waals surface area contributed by atoms with Gasteiger partial charge in [-0.05, 0) is 49.6 Å². The zero-order valence-corrected chi connectivity index (χ0v) is 18.6. The monoisotopic (exact) mass is 444 g/mol. The molecule has 168 valence electrons. The Morgan fingerprint density at radius 3 is 2.58 bits per heavy atom. The van der Waals surface area contributed by atoms with Crippen LogP contribution in [0.25, 0.3) is 11.0 Å². The number of aliphatic hydroxyl groups excluding tert-OH is 1. The number of rotatable bonds is 5.